The fourth-order valence-corrected chi connectivity index (χ4v) is 4.35. The van der Waals surface area contributed by atoms with Crippen molar-refractivity contribution in [2.45, 2.75) is 45.6 Å². The van der Waals surface area contributed by atoms with Crippen molar-refractivity contribution >= 4 is 17.5 Å². The van der Waals surface area contributed by atoms with Crippen molar-refractivity contribution in [3.63, 3.8) is 0 Å². The number of hydrogen-bond acceptors (Lipinski definition) is 8. The summed E-state index contributed by atoms with van der Waals surface area (Å²) in [6.07, 6.45) is 5.29. The van der Waals surface area contributed by atoms with Gasteiger partial charge in [-0.3, -0.25) is 4.79 Å². The van der Waals surface area contributed by atoms with Gasteiger partial charge in [-0.1, -0.05) is 49.1 Å². The molecule has 1 aliphatic heterocycles. The number of carbonyl (C=O) groups is 1. The summed E-state index contributed by atoms with van der Waals surface area (Å²) in [6, 6.07) is 12.0. The van der Waals surface area contributed by atoms with E-state index >= 15 is 0 Å². The Bertz CT molecular complexity index is 969. The van der Waals surface area contributed by atoms with E-state index in [4.69, 9.17) is 14.2 Å². The number of nitrogens with zero attached hydrogens (tertiary/aromatic N) is 4. The van der Waals surface area contributed by atoms with Crippen LogP contribution in [0.1, 0.15) is 43.2 Å². The summed E-state index contributed by atoms with van der Waals surface area (Å²) in [5.41, 5.74) is 3.27. The van der Waals surface area contributed by atoms with Crippen molar-refractivity contribution in [1.82, 2.24) is 4.98 Å². The van der Waals surface area contributed by atoms with E-state index in [1.54, 1.807) is 0 Å². The molecule has 0 amide bonds. The summed E-state index contributed by atoms with van der Waals surface area (Å²) in [6.45, 7) is 5.95. The molecule has 2 fully saturated rings. The van der Waals surface area contributed by atoms with Gasteiger partial charge in [0.15, 0.2) is 5.82 Å². The molecule has 182 valence electrons. The lowest BCUT2D eigenvalue weighted by Crippen LogP contribution is -2.36. The summed E-state index contributed by atoms with van der Waals surface area (Å²) in [5, 5.41) is 8.70. The molecule has 0 radical (unpaired) electrons. The first-order chi connectivity index (χ1) is 16.7. The second-order valence-electron chi connectivity index (χ2n) is 8.86. The van der Waals surface area contributed by atoms with E-state index in [0.29, 0.717) is 31.5 Å². The van der Waals surface area contributed by atoms with Gasteiger partial charge in [-0.05, 0) is 25.3 Å². The number of pyridine rings is 1. The Morgan fingerprint density at radius 2 is 1.94 bits per heavy atom. The number of esters is 1. The van der Waals surface area contributed by atoms with E-state index < -0.39 is 0 Å². The molecule has 8 heteroatoms. The van der Waals surface area contributed by atoms with E-state index in [2.05, 4.69) is 39.2 Å². The minimum Gasteiger partial charge on any atom is -0.474 e. The van der Waals surface area contributed by atoms with Gasteiger partial charge in [-0.15, -0.1) is 5.11 Å². The minimum atomic E-state index is -0.107. The molecule has 0 unspecified atom stereocenters. The molecule has 0 bridgehead atoms. The molecular formula is C26H34N4O4. The number of morpholine rings is 1. The van der Waals surface area contributed by atoms with Crippen LogP contribution in [-0.2, 0) is 20.8 Å². The topological polar surface area (TPSA) is 85.6 Å². The highest BCUT2D eigenvalue weighted by Gasteiger charge is 2.22. The van der Waals surface area contributed by atoms with Crippen LogP contribution in [0.15, 0.2) is 46.6 Å². The molecule has 8 nitrogen and oxygen atoms in total. The third kappa shape index (κ3) is 7.25. The Balaban J connectivity index is 1.37. The van der Waals surface area contributed by atoms with Gasteiger partial charge >= 0.3 is 5.97 Å². The van der Waals surface area contributed by atoms with E-state index in [1.807, 2.05) is 24.3 Å². The van der Waals surface area contributed by atoms with Crippen LogP contribution in [0.3, 0.4) is 0 Å². The lowest BCUT2D eigenvalue weighted by Gasteiger charge is -2.29. The van der Waals surface area contributed by atoms with Crippen molar-refractivity contribution in [1.29, 1.82) is 0 Å². The Morgan fingerprint density at radius 3 is 2.74 bits per heavy atom. The monoisotopic (exact) mass is 466 g/mol. The summed E-state index contributed by atoms with van der Waals surface area (Å²) in [4.78, 5) is 19.0. The number of ether oxygens (including phenoxy) is 3. The fourth-order valence-electron chi connectivity index (χ4n) is 4.35. The summed E-state index contributed by atoms with van der Waals surface area (Å²) in [7, 11) is 0. The first-order valence-corrected chi connectivity index (χ1v) is 12.2. The van der Waals surface area contributed by atoms with Crippen LogP contribution < -0.4 is 9.64 Å². The fraction of sp³-hybridized carbons (Fsp3) is 0.538. The summed E-state index contributed by atoms with van der Waals surface area (Å²) in [5.74, 6) is 0.869. The third-order valence-electron chi connectivity index (χ3n) is 6.17. The van der Waals surface area contributed by atoms with Gasteiger partial charge in [0.05, 0.1) is 25.7 Å². The lowest BCUT2D eigenvalue weighted by molar-refractivity contribution is -0.150. The number of azo groups is 1. The van der Waals surface area contributed by atoms with Gasteiger partial charge in [-0.2, -0.15) is 10.1 Å². The number of benzene rings is 1. The first-order valence-electron chi connectivity index (χ1n) is 12.2. The SMILES string of the molecule is Cc1cccc(CN=Nc2cc(N3CCOCC3)cc(OCCOC(=O)C3CCCCC3)n2)c1. The van der Waals surface area contributed by atoms with E-state index in [-0.39, 0.29) is 25.1 Å². The smallest absolute Gasteiger partial charge is 0.309 e. The summed E-state index contributed by atoms with van der Waals surface area (Å²) >= 11 is 0. The zero-order valence-electron chi connectivity index (χ0n) is 19.9. The van der Waals surface area contributed by atoms with Crippen LogP contribution in [-0.4, -0.2) is 50.5 Å². The van der Waals surface area contributed by atoms with Gasteiger partial charge in [-0.25, -0.2) is 0 Å². The summed E-state index contributed by atoms with van der Waals surface area (Å²) < 4.78 is 16.8. The Labute approximate surface area is 201 Å². The van der Waals surface area contributed by atoms with Crippen molar-refractivity contribution in [3.05, 3.63) is 47.5 Å². The Hall–Kier alpha value is -3.00. The molecule has 1 saturated carbocycles. The molecule has 0 atom stereocenters. The largest absolute Gasteiger partial charge is 0.474 e. The molecule has 2 aliphatic rings. The van der Waals surface area contributed by atoms with Crippen molar-refractivity contribution in [2.24, 2.45) is 16.1 Å². The number of hydrogen-bond donors (Lipinski definition) is 0. The van der Waals surface area contributed by atoms with Crippen molar-refractivity contribution in [2.75, 3.05) is 44.4 Å². The molecule has 34 heavy (non-hydrogen) atoms. The van der Waals surface area contributed by atoms with Crippen molar-refractivity contribution in [3.8, 4) is 5.88 Å². The number of carbonyl (C=O) groups excluding carboxylic acids is 1. The zero-order chi connectivity index (χ0) is 23.6. The van der Waals surface area contributed by atoms with Crippen LogP contribution in [0.2, 0.25) is 0 Å². The van der Waals surface area contributed by atoms with Gasteiger partial charge in [0.1, 0.15) is 13.2 Å². The molecule has 2 aromatic rings. The zero-order valence-corrected chi connectivity index (χ0v) is 19.9. The third-order valence-corrected chi connectivity index (χ3v) is 6.17. The van der Waals surface area contributed by atoms with Crippen LogP contribution in [0.4, 0.5) is 11.5 Å². The Kier molecular flexibility index (Phi) is 8.84. The average Bonchev–Trinajstić information content (AvgIpc) is 2.87. The highest BCUT2D eigenvalue weighted by atomic mass is 16.6. The molecule has 2 heterocycles. The van der Waals surface area contributed by atoms with Crippen LogP contribution in [0, 0.1) is 12.8 Å². The molecule has 1 saturated heterocycles. The quantitative estimate of drug-likeness (QED) is 0.293. The maximum atomic E-state index is 12.2. The van der Waals surface area contributed by atoms with Crippen LogP contribution >= 0.6 is 0 Å². The normalized spacial score (nSPS) is 17.1. The molecule has 0 N–H and O–H groups in total. The van der Waals surface area contributed by atoms with Gasteiger partial charge in [0.2, 0.25) is 5.88 Å². The molecule has 0 spiro atoms. The maximum absolute atomic E-state index is 12.2. The molecule has 1 aromatic heterocycles. The van der Waals surface area contributed by atoms with Gasteiger partial charge < -0.3 is 19.1 Å². The van der Waals surface area contributed by atoms with Crippen LogP contribution in [0.25, 0.3) is 0 Å². The maximum Gasteiger partial charge on any atom is 0.309 e. The number of rotatable bonds is 9. The van der Waals surface area contributed by atoms with Gasteiger partial charge in [0.25, 0.3) is 0 Å². The molecule has 1 aromatic carbocycles. The predicted octanol–water partition coefficient (Wildman–Crippen LogP) is 5.01. The standard InChI is InChI=1S/C26H34N4O4/c1-20-6-5-7-21(16-20)19-27-29-24-17-23(30-10-12-32-13-11-30)18-25(28-24)33-14-15-34-26(31)22-8-3-2-4-9-22/h5-7,16-18,22H,2-4,8-15,19H2,1H3. The second-order valence-corrected chi connectivity index (χ2v) is 8.86. The highest BCUT2D eigenvalue weighted by molar-refractivity contribution is 5.72. The number of aryl methyl sites for hydroxylation is 1. The first kappa shape index (κ1) is 24.1. The highest BCUT2D eigenvalue weighted by Crippen LogP contribution is 2.27. The molecule has 1 aliphatic carbocycles. The minimum absolute atomic E-state index is 0.0388. The predicted molar refractivity (Wildman–Crippen MR) is 130 cm³/mol. The Morgan fingerprint density at radius 1 is 1.12 bits per heavy atom. The van der Waals surface area contributed by atoms with E-state index in [9.17, 15) is 4.79 Å². The number of aromatic nitrogens is 1. The van der Waals surface area contributed by atoms with Crippen LogP contribution in [0.5, 0.6) is 5.88 Å². The average molecular weight is 467 g/mol. The van der Waals surface area contributed by atoms with Crippen molar-refractivity contribution < 1.29 is 19.0 Å². The van der Waals surface area contributed by atoms with Gasteiger partial charge in [0, 0.05) is 30.9 Å². The number of anilines is 1. The van der Waals surface area contributed by atoms with E-state index in [1.165, 1.54) is 12.0 Å². The molecular weight excluding hydrogens is 432 g/mol. The molecule has 4 rings (SSSR count). The second kappa shape index (κ2) is 12.5. The lowest BCUT2D eigenvalue weighted by atomic mass is 9.89. The van der Waals surface area contributed by atoms with E-state index in [0.717, 1.165) is 50.0 Å².